The number of aromatic amines is 1. The number of aryl methyl sites for hydroxylation is 2. The van der Waals surface area contributed by atoms with Gasteiger partial charge < -0.3 is 14.8 Å². The number of hydrogen-bond acceptors (Lipinski definition) is 3. The van der Waals surface area contributed by atoms with Crippen LogP contribution in [0.2, 0.25) is 0 Å². The Kier molecular flexibility index (Phi) is 6.65. The Balaban J connectivity index is 1.64. The molecule has 0 amide bonds. The third-order valence-corrected chi connectivity index (χ3v) is 4.81. The van der Waals surface area contributed by atoms with Crippen LogP contribution in [0.3, 0.4) is 0 Å². The van der Waals surface area contributed by atoms with Gasteiger partial charge in [-0.1, -0.05) is 28.1 Å². The summed E-state index contributed by atoms with van der Waals surface area (Å²) in [4.78, 5) is 18.6. The maximum Gasteiger partial charge on any atom is 0.335 e. The predicted octanol–water partition coefficient (Wildman–Crippen LogP) is 5.01. The lowest BCUT2D eigenvalue weighted by molar-refractivity contribution is 0.0696. The van der Waals surface area contributed by atoms with Gasteiger partial charge in [-0.3, -0.25) is 0 Å². The number of carbonyl (C=O) groups is 1. The molecule has 0 radical (unpaired) electrons. The van der Waals surface area contributed by atoms with Gasteiger partial charge in [0.1, 0.15) is 18.2 Å². The van der Waals surface area contributed by atoms with Crippen molar-refractivity contribution in [1.29, 1.82) is 0 Å². The van der Waals surface area contributed by atoms with Crippen LogP contribution in [0.1, 0.15) is 40.2 Å². The minimum Gasteiger partial charge on any atom is -0.489 e. The summed E-state index contributed by atoms with van der Waals surface area (Å²) < 4.78 is 7.00. The third kappa shape index (κ3) is 5.69. The van der Waals surface area contributed by atoms with E-state index in [4.69, 9.17) is 4.74 Å². The first kappa shape index (κ1) is 19.2. The number of aromatic carboxylic acids is 1. The Bertz CT molecular complexity index is 877. The van der Waals surface area contributed by atoms with Gasteiger partial charge in [0, 0.05) is 23.3 Å². The Morgan fingerprint density at radius 3 is 2.59 bits per heavy atom. The summed E-state index contributed by atoms with van der Waals surface area (Å²) in [5, 5.41) is 9.27. The Hall–Kier alpha value is -2.60. The van der Waals surface area contributed by atoms with E-state index in [0.717, 1.165) is 52.9 Å². The number of ether oxygens (including phenoxy) is 1. The fraction of sp³-hybridized carbons (Fsp3) is 0.238. The molecule has 0 spiro atoms. The lowest BCUT2D eigenvalue weighted by atomic mass is 10.0. The van der Waals surface area contributed by atoms with Crippen LogP contribution in [0.15, 0.2) is 59.3 Å². The molecule has 5 nitrogen and oxygen atoms in total. The SMILES string of the molecule is O=C(O)c1ccc(OCc2ccc(Br)cc2)c(CCCCc2ncc[nH]2)c1. The van der Waals surface area contributed by atoms with Crippen LogP contribution in [0, 0.1) is 0 Å². The van der Waals surface area contributed by atoms with Gasteiger partial charge in [0.25, 0.3) is 0 Å². The highest BCUT2D eigenvalue weighted by Crippen LogP contribution is 2.24. The summed E-state index contributed by atoms with van der Waals surface area (Å²) in [5.41, 5.74) is 2.27. The number of unbranched alkanes of at least 4 members (excludes halogenated alkanes) is 1. The zero-order valence-electron chi connectivity index (χ0n) is 14.8. The number of halogens is 1. The molecule has 2 N–H and O–H groups in total. The second kappa shape index (κ2) is 9.37. The lowest BCUT2D eigenvalue weighted by Gasteiger charge is -2.13. The molecule has 2 aromatic carbocycles. The normalized spacial score (nSPS) is 10.7. The smallest absolute Gasteiger partial charge is 0.335 e. The van der Waals surface area contributed by atoms with E-state index in [0.29, 0.717) is 6.61 Å². The number of hydrogen-bond donors (Lipinski definition) is 2. The van der Waals surface area contributed by atoms with Crippen LogP contribution >= 0.6 is 15.9 Å². The average molecular weight is 429 g/mol. The molecule has 1 heterocycles. The standard InChI is InChI=1S/C21H21BrN2O3/c22-18-8-5-15(6-9-18)14-27-19-10-7-17(21(25)26)13-16(19)3-1-2-4-20-23-11-12-24-20/h5-13H,1-4,14H2,(H,23,24)(H,25,26). The van der Waals surface area contributed by atoms with Gasteiger partial charge >= 0.3 is 5.97 Å². The van der Waals surface area contributed by atoms with Gasteiger partial charge in [0.15, 0.2) is 0 Å². The Labute approximate surface area is 166 Å². The van der Waals surface area contributed by atoms with Crippen LogP contribution in [-0.4, -0.2) is 21.0 Å². The molecule has 0 atom stereocenters. The molecule has 0 fully saturated rings. The molecule has 0 saturated heterocycles. The quantitative estimate of drug-likeness (QED) is 0.469. The molecule has 3 rings (SSSR count). The van der Waals surface area contributed by atoms with Crippen molar-refractivity contribution >= 4 is 21.9 Å². The third-order valence-electron chi connectivity index (χ3n) is 4.28. The van der Waals surface area contributed by atoms with Crippen molar-refractivity contribution in [1.82, 2.24) is 9.97 Å². The van der Waals surface area contributed by atoms with E-state index in [1.807, 2.05) is 30.5 Å². The monoisotopic (exact) mass is 428 g/mol. The summed E-state index contributed by atoms with van der Waals surface area (Å²) in [6, 6.07) is 13.0. The van der Waals surface area contributed by atoms with Gasteiger partial charge in [-0.05, 0) is 60.7 Å². The van der Waals surface area contributed by atoms with E-state index in [-0.39, 0.29) is 5.56 Å². The first-order chi connectivity index (χ1) is 13.1. The van der Waals surface area contributed by atoms with Crippen LogP contribution < -0.4 is 4.74 Å². The van der Waals surface area contributed by atoms with Crippen molar-refractivity contribution in [2.75, 3.05) is 0 Å². The number of carboxylic acids is 1. The van der Waals surface area contributed by atoms with Gasteiger partial charge in [-0.25, -0.2) is 9.78 Å². The predicted molar refractivity (Wildman–Crippen MR) is 107 cm³/mol. The molecular formula is C21H21BrN2O3. The first-order valence-electron chi connectivity index (χ1n) is 8.83. The molecule has 140 valence electrons. The highest BCUT2D eigenvalue weighted by atomic mass is 79.9. The Morgan fingerprint density at radius 2 is 1.89 bits per heavy atom. The molecule has 1 aromatic heterocycles. The molecule has 0 aliphatic carbocycles. The van der Waals surface area contributed by atoms with E-state index < -0.39 is 5.97 Å². The molecule has 3 aromatic rings. The number of nitrogens with one attached hydrogen (secondary N) is 1. The van der Waals surface area contributed by atoms with Crippen molar-refractivity contribution in [3.05, 3.63) is 81.8 Å². The van der Waals surface area contributed by atoms with Crippen LogP contribution in [0.25, 0.3) is 0 Å². The van der Waals surface area contributed by atoms with Crippen LogP contribution in [0.4, 0.5) is 0 Å². The molecule has 0 aliphatic rings. The van der Waals surface area contributed by atoms with E-state index in [1.54, 1.807) is 24.4 Å². The van der Waals surface area contributed by atoms with Crippen molar-refractivity contribution in [3.8, 4) is 5.75 Å². The molecule has 27 heavy (non-hydrogen) atoms. The van der Waals surface area contributed by atoms with Gasteiger partial charge in [0.05, 0.1) is 5.56 Å². The number of imidazole rings is 1. The molecule has 6 heteroatoms. The molecule has 0 aliphatic heterocycles. The summed E-state index contributed by atoms with van der Waals surface area (Å²) in [6.45, 7) is 0.444. The number of carboxylic acid groups (broad SMARTS) is 1. The van der Waals surface area contributed by atoms with E-state index in [1.165, 1.54) is 0 Å². The fourth-order valence-corrected chi connectivity index (χ4v) is 3.10. The molecular weight excluding hydrogens is 408 g/mol. The maximum absolute atomic E-state index is 11.3. The van der Waals surface area contributed by atoms with Crippen molar-refractivity contribution in [2.24, 2.45) is 0 Å². The van der Waals surface area contributed by atoms with Gasteiger partial charge in [-0.2, -0.15) is 0 Å². The minimum absolute atomic E-state index is 0.284. The fourth-order valence-electron chi connectivity index (χ4n) is 2.83. The first-order valence-corrected chi connectivity index (χ1v) is 9.63. The zero-order valence-corrected chi connectivity index (χ0v) is 16.4. The number of rotatable bonds is 9. The van der Waals surface area contributed by atoms with Crippen molar-refractivity contribution < 1.29 is 14.6 Å². The van der Waals surface area contributed by atoms with Gasteiger partial charge in [-0.15, -0.1) is 0 Å². The van der Waals surface area contributed by atoms with Crippen molar-refractivity contribution in [2.45, 2.75) is 32.3 Å². The second-order valence-corrected chi connectivity index (χ2v) is 7.20. The molecule has 0 bridgehead atoms. The second-order valence-electron chi connectivity index (χ2n) is 6.29. The summed E-state index contributed by atoms with van der Waals surface area (Å²) in [5.74, 6) is 0.785. The maximum atomic E-state index is 11.3. The molecule has 0 unspecified atom stereocenters. The highest BCUT2D eigenvalue weighted by Gasteiger charge is 2.10. The Morgan fingerprint density at radius 1 is 1.11 bits per heavy atom. The van der Waals surface area contributed by atoms with E-state index in [9.17, 15) is 9.90 Å². The topological polar surface area (TPSA) is 75.2 Å². The minimum atomic E-state index is -0.925. The van der Waals surface area contributed by atoms with Crippen LogP contribution in [0.5, 0.6) is 5.75 Å². The number of H-pyrrole nitrogens is 1. The number of benzene rings is 2. The van der Waals surface area contributed by atoms with E-state index in [2.05, 4.69) is 25.9 Å². The summed E-state index contributed by atoms with van der Waals surface area (Å²) in [6.07, 6.45) is 7.10. The summed E-state index contributed by atoms with van der Waals surface area (Å²) >= 11 is 3.42. The zero-order chi connectivity index (χ0) is 19.1. The van der Waals surface area contributed by atoms with E-state index >= 15 is 0 Å². The lowest BCUT2D eigenvalue weighted by Crippen LogP contribution is -2.03. The van der Waals surface area contributed by atoms with Crippen LogP contribution in [-0.2, 0) is 19.4 Å². The number of aromatic nitrogens is 2. The average Bonchev–Trinajstić information content (AvgIpc) is 3.18. The van der Waals surface area contributed by atoms with Gasteiger partial charge in [0.2, 0.25) is 0 Å². The highest BCUT2D eigenvalue weighted by molar-refractivity contribution is 9.10. The number of nitrogens with zero attached hydrogens (tertiary/aromatic N) is 1. The summed E-state index contributed by atoms with van der Waals surface area (Å²) in [7, 11) is 0. The van der Waals surface area contributed by atoms with Crippen molar-refractivity contribution in [3.63, 3.8) is 0 Å². The largest absolute Gasteiger partial charge is 0.489 e. The molecule has 0 saturated carbocycles.